The summed E-state index contributed by atoms with van der Waals surface area (Å²) in [6.45, 7) is 4.17. The van der Waals surface area contributed by atoms with Crippen molar-refractivity contribution in [2.75, 3.05) is 0 Å². The fraction of sp³-hybridized carbons (Fsp3) is 0.0833. The Kier molecular flexibility index (Phi) is 14.0. The van der Waals surface area contributed by atoms with Crippen molar-refractivity contribution in [2.24, 2.45) is 0 Å². The van der Waals surface area contributed by atoms with E-state index in [-0.39, 0.29) is 21.7 Å². The Labute approximate surface area is 192 Å². The van der Waals surface area contributed by atoms with E-state index in [2.05, 4.69) is 38.1 Å². The van der Waals surface area contributed by atoms with Crippen molar-refractivity contribution in [3.05, 3.63) is 131 Å². The number of rotatable bonds is 0. The molecule has 0 aliphatic carbocycles. The van der Waals surface area contributed by atoms with Crippen LogP contribution in [0.5, 0.6) is 0 Å². The molecule has 0 heterocycles. The van der Waals surface area contributed by atoms with Gasteiger partial charge in [-0.15, -0.1) is 36.4 Å². The van der Waals surface area contributed by atoms with E-state index in [4.69, 9.17) is 0 Å². The molecular formula is C24H18F6Ti. The third-order valence-corrected chi connectivity index (χ3v) is 3.29. The molecule has 4 aromatic carbocycles. The summed E-state index contributed by atoms with van der Waals surface area (Å²) in [6, 6.07) is 22.6. The van der Waals surface area contributed by atoms with E-state index in [1.165, 1.54) is 23.3 Å². The molecule has 0 aromatic heterocycles. The molecule has 4 aromatic rings. The van der Waals surface area contributed by atoms with Gasteiger partial charge in [-0.3, -0.25) is 8.78 Å². The van der Waals surface area contributed by atoms with Crippen LogP contribution < -0.4 is 0 Å². The van der Waals surface area contributed by atoms with Crippen LogP contribution in [0, 0.1) is 60.9 Å². The summed E-state index contributed by atoms with van der Waals surface area (Å²) in [5.41, 5.74) is 2.69. The maximum absolute atomic E-state index is 11.9. The minimum absolute atomic E-state index is 0. The van der Waals surface area contributed by atoms with E-state index in [0.717, 1.165) is 12.1 Å². The predicted molar refractivity (Wildman–Crippen MR) is 104 cm³/mol. The topological polar surface area (TPSA) is 0 Å². The second-order valence-electron chi connectivity index (χ2n) is 5.86. The molecule has 0 fully saturated rings. The maximum Gasteiger partial charge on any atom is 4.00 e. The molecule has 0 saturated heterocycles. The van der Waals surface area contributed by atoms with Crippen LogP contribution in [0.3, 0.4) is 0 Å². The van der Waals surface area contributed by atoms with Crippen LogP contribution in [-0.2, 0) is 21.7 Å². The molecule has 7 heteroatoms. The monoisotopic (exact) mass is 468 g/mol. The van der Waals surface area contributed by atoms with Gasteiger partial charge < -0.3 is 0 Å². The quantitative estimate of drug-likeness (QED) is 0.111. The van der Waals surface area contributed by atoms with E-state index in [1.807, 2.05) is 24.3 Å². The molecule has 0 unspecified atom stereocenters. The Bertz CT molecular complexity index is 898. The number of benzene rings is 2. The molecule has 0 amide bonds. The second-order valence-corrected chi connectivity index (χ2v) is 5.86. The summed E-state index contributed by atoms with van der Waals surface area (Å²) in [5.74, 6) is -6.53. The molecule has 0 aliphatic heterocycles. The van der Waals surface area contributed by atoms with Crippen molar-refractivity contribution in [1.29, 1.82) is 0 Å². The Morgan fingerprint density at radius 1 is 0.548 bits per heavy atom. The molecule has 0 aliphatic rings. The molecule has 0 bridgehead atoms. The molecule has 160 valence electrons. The van der Waals surface area contributed by atoms with Crippen LogP contribution in [-0.4, -0.2) is 0 Å². The summed E-state index contributed by atoms with van der Waals surface area (Å²) in [5, 5.41) is 0. The fourth-order valence-corrected chi connectivity index (χ4v) is 1.79. The maximum atomic E-state index is 11.9. The minimum Gasteiger partial charge on any atom is -0.281 e. The molecule has 4 rings (SSSR count). The first kappa shape index (κ1) is 28.4. The van der Waals surface area contributed by atoms with E-state index < -0.39 is 34.9 Å². The van der Waals surface area contributed by atoms with Crippen LogP contribution in [0.4, 0.5) is 26.3 Å². The van der Waals surface area contributed by atoms with Crippen molar-refractivity contribution in [2.45, 2.75) is 13.8 Å². The van der Waals surface area contributed by atoms with Crippen LogP contribution in [0.15, 0.2) is 72.8 Å². The Morgan fingerprint density at radius 3 is 1.00 bits per heavy atom. The van der Waals surface area contributed by atoms with Gasteiger partial charge in [-0.1, -0.05) is 13.8 Å². The summed E-state index contributed by atoms with van der Waals surface area (Å²) < 4.78 is 71.4. The van der Waals surface area contributed by atoms with Crippen molar-refractivity contribution >= 4 is 0 Å². The average molecular weight is 468 g/mol. The third-order valence-electron chi connectivity index (χ3n) is 3.29. The number of halogens is 6. The zero-order chi connectivity index (χ0) is 22.5. The van der Waals surface area contributed by atoms with E-state index in [9.17, 15) is 26.3 Å². The summed E-state index contributed by atoms with van der Waals surface area (Å²) >= 11 is 0. The van der Waals surface area contributed by atoms with Gasteiger partial charge in [0.2, 0.25) is 0 Å². The summed E-state index contributed by atoms with van der Waals surface area (Å²) in [4.78, 5) is 0. The first-order valence-electron chi connectivity index (χ1n) is 8.61. The van der Waals surface area contributed by atoms with E-state index >= 15 is 0 Å². The van der Waals surface area contributed by atoms with Gasteiger partial charge in [0.05, 0.1) is 0 Å². The third kappa shape index (κ3) is 12.7. The zero-order valence-electron chi connectivity index (χ0n) is 16.7. The molecule has 0 spiro atoms. The smallest absolute Gasteiger partial charge is 0.281 e. The largest absolute Gasteiger partial charge is 4.00 e. The number of aryl methyl sites for hydroxylation is 2. The molecule has 0 atom stereocenters. The molecular weight excluding hydrogens is 450 g/mol. The zero-order valence-corrected chi connectivity index (χ0v) is 18.3. The number of hydrogen-bond donors (Lipinski definition) is 0. The van der Waals surface area contributed by atoms with Crippen molar-refractivity contribution in [1.82, 2.24) is 0 Å². The molecule has 0 N–H and O–H groups in total. The first-order chi connectivity index (χ1) is 14.2. The first-order valence-corrected chi connectivity index (χ1v) is 8.61. The van der Waals surface area contributed by atoms with Crippen molar-refractivity contribution < 1.29 is 48.1 Å². The van der Waals surface area contributed by atoms with Crippen LogP contribution in [0.1, 0.15) is 11.1 Å². The normalized spacial score (nSPS) is 9.03. The summed E-state index contributed by atoms with van der Waals surface area (Å²) in [6.07, 6.45) is 0. The molecule has 0 nitrogen and oxygen atoms in total. The van der Waals surface area contributed by atoms with Crippen LogP contribution >= 0.6 is 0 Å². The molecule has 0 saturated carbocycles. The van der Waals surface area contributed by atoms with Crippen LogP contribution in [0.25, 0.3) is 0 Å². The molecule has 0 radical (unpaired) electrons. The molecule has 31 heavy (non-hydrogen) atoms. The van der Waals surface area contributed by atoms with Gasteiger partial charge >= 0.3 is 21.7 Å². The fourth-order valence-electron chi connectivity index (χ4n) is 1.79. The Hall–Kier alpha value is -2.57. The van der Waals surface area contributed by atoms with Gasteiger partial charge in [-0.25, -0.2) is 41.8 Å². The van der Waals surface area contributed by atoms with Gasteiger partial charge in [0.1, 0.15) is 0 Å². The van der Waals surface area contributed by atoms with Gasteiger partial charge in [-0.05, 0) is 0 Å². The van der Waals surface area contributed by atoms with Gasteiger partial charge in [-0.2, -0.15) is 35.4 Å². The minimum atomic E-state index is -1.28. The number of hydrogen-bond acceptors (Lipinski definition) is 0. The van der Waals surface area contributed by atoms with Gasteiger partial charge in [0.15, 0.2) is 0 Å². The van der Waals surface area contributed by atoms with Gasteiger partial charge in [0, 0.05) is 34.9 Å². The average Bonchev–Trinajstić information content (AvgIpc) is 3.37. The van der Waals surface area contributed by atoms with Crippen molar-refractivity contribution in [3.8, 4) is 0 Å². The predicted octanol–water partition coefficient (Wildman–Crippen LogP) is 7.23. The van der Waals surface area contributed by atoms with E-state index in [1.54, 1.807) is 0 Å². The van der Waals surface area contributed by atoms with Crippen molar-refractivity contribution in [3.63, 3.8) is 0 Å². The summed E-state index contributed by atoms with van der Waals surface area (Å²) in [7, 11) is 0. The Morgan fingerprint density at radius 2 is 0.839 bits per heavy atom. The SMILES string of the molecule is C[c-]1cccc1.C[c-]1cccc1.Fc1[c-]c(F)c(F)cc1.Fc1[c-]c(F)c(F)cc1.[Ti+4]. The second kappa shape index (κ2) is 15.3. The van der Waals surface area contributed by atoms with E-state index in [0.29, 0.717) is 12.1 Å². The Balaban J connectivity index is 0.000000389. The van der Waals surface area contributed by atoms with Crippen LogP contribution in [0.2, 0.25) is 0 Å². The van der Waals surface area contributed by atoms with Gasteiger partial charge in [0.25, 0.3) is 0 Å². The standard InChI is InChI=1S/2C6H2F3.2C6H7.Ti/c2*7-4-1-2-5(8)6(9)3-4;2*1-6-4-2-3-5-6;/h2*1-2H;2*2-5H,1H3;/q4*-1;+4.